The third-order valence-corrected chi connectivity index (χ3v) is 1.50. The van der Waals surface area contributed by atoms with Gasteiger partial charge in [0, 0.05) is 0 Å². The van der Waals surface area contributed by atoms with Crippen molar-refractivity contribution in [2.75, 3.05) is 6.61 Å². The molecule has 0 aliphatic carbocycles. The molecule has 2 rings (SSSR count). The lowest BCUT2D eigenvalue weighted by molar-refractivity contribution is -0.105. The topological polar surface area (TPSA) is 30.8 Å². The fourth-order valence-electron chi connectivity index (χ4n) is 1.01. The number of hydrogen-bond acceptors (Lipinski definition) is 3. The molecule has 3 nitrogen and oxygen atoms in total. The summed E-state index contributed by atoms with van der Waals surface area (Å²) >= 11 is 0. The first-order valence-corrected chi connectivity index (χ1v) is 2.78. The Kier molecular flexibility index (Phi) is 0.784. The van der Waals surface area contributed by atoms with E-state index in [9.17, 15) is 0 Å². The Hall–Kier alpha value is -0.570. The molecular weight excluding hydrogens is 106 g/mol. The van der Waals surface area contributed by atoms with Crippen molar-refractivity contribution in [3.63, 3.8) is 0 Å². The summed E-state index contributed by atoms with van der Waals surface area (Å²) in [7, 11) is 0. The van der Waals surface area contributed by atoms with Gasteiger partial charge in [0.25, 0.3) is 0 Å². The second kappa shape index (κ2) is 1.45. The van der Waals surface area contributed by atoms with Crippen molar-refractivity contribution in [2.24, 2.45) is 11.1 Å². The molecule has 1 fully saturated rings. The van der Waals surface area contributed by atoms with E-state index >= 15 is 0 Å². The fourth-order valence-corrected chi connectivity index (χ4v) is 1.01. The second-order valence-electron chi connectivity index (χ2n) is 2.05. The number of nitrogens with zero attached hydrogens (tertiary/aromatic N) is 1. The van der Waals surface area contributed by atoms with Gasteiger partial charge in [0.2, 0.25) is 6.29 Å². The third kappa shape index (κ3) is 0.448. The van der Waals surface area contributed by atoms with Crippen LogP contribution in [-0.2, 0) is 9.57 Å². The molecule has 8 heavy (non-hydrogen) atoms. The third-order valence-electron chi connectivity index (χ3n) is 1.50. The Morgan fingerprint density at radius 1 is 1.62 bits per heavy atom. The van der Waals surface area contributed by atoms with E-state index in [0.29, 0.717) is 5.92 Å². The zero-order chi connectivity index (χ0) is 5.40. The van der Waals surface area contributed by atoms with Crippen LogP contribution < -0.4 is 0 Å². The summed E-state index contributed by atoms with van der Waals surface area (Å²) in [5.41, 5.74) is 0. The van der Waals surface area contributed by atoms with Crippen molar-refractivity contribution in [3.05, 3.63) is 0 Å². The van der Waals surface area contributed by atoms with E-state index in [1.54, 1.807) is 0 Å². The van der Waals surface area contributed by atoms with Crippen LogP contribution in [0.2, 0.25) is 0 Å². The van der Waals surface area contributed by atoms with E-state index < -0.39 is 0 Å². The van der Waals surface area contributed by atoms with Crippen LogP contribution >= 0.6 is 0 Å². The lowest BCUT2D eigenvalue weighted by Gasteiger charge is -2.02. The summed E-state index contributed by atoms with van der Waals surface area (Å²) in [6, 6.07) is 0. The Balaban J connectivity index is 2.13. The molecule has 2 aliphatic heterocycles. The number of oxime groups is 1. The first-order valence-electron chi connectivity index (χ1n) is 2.78. The van der Waals surface area contributed by atoms with E-state index in [4.69, 9.17) is 9.57 Å². The minimum Gasteiger partial charge on any atom is -0.363 e. The van der Waals surface area contributed by atoms with Crippen molar-refractivity contribution in [2.45, 2.75) is 12.7 Å². The molecular formula is C5H7NO2. The van der Waals surface area contributed by atoms with Gasteiger partial charge in [-0.15, -0.1) is 0 Å². The van der Waals surface area contributed by atoms with E-state index in [-0.39, 0.29) is 6.29 Å². The van der Waals surface area contributed by atoms with Gasteiger partial charge in [-0.05, 0) is 6.42 Å². The van der Waals surface area contributed by atoms with Gasteiger partial charge < -0.3 is 9.57 Å². The standard InChI is InChI=1S/C5H7NO2/c1-2-7-5-4(1)3-6-8-5/h3-5H,1-2H2/t4-,5-/m0/s1. The normalized spacial score (nSPS) is 42.0. The monoisotopic (exact) mass is 113 g/mol. The maximum Gasteiger partial charge on any atom is 0.234 e. The molecule has 0 aromatic heterocycles. The highest BCUT2D eigenvalue weighted by Gasteiger charge is 2.32. The molecule has 0 amide bonds. The zero-order valence-electron chi connectivity index (χ0n) is 4.41. The average molecular weight is 113 g/mol. The smallest absolute Gasteiger partial charge is 0.234 e. The highest BCUT2D eigenvalue weighted by Crippen LogP contribution is 2.23. The van der Waals surface area contributed by atoms with Crippen molar-refractivity contribution in [3.8, 4) is 0 Å². The fraction of sp³-hybridized carbons (Fsp3) is 0.800. The van der Waals surface area contributed by atoms with Gasteiger partial charge in [-0.2, -0.15) is 0 Å². The summed E-state index contributed by atoms with van der Waals surface area (Å²) in [5.74, 6) is 0.440. The van der Waals surface area contributed by atoms with Gasteiger partial charge in [0.15, 0.2) is 0 Å². The van der Waals surface area contributed by atoms with Crippen LogP contribution in [-0.4, -0.2) is 19.1 Å². The predicted octanol–water partition coefficient (Wildman–Crippen LogP) is 0.365. The lowest BCUT2D eigenvalue weighted by Crippen LogP contribution is -2.11. The molecule has 2 heterocycles. The van der Waals surface area contributed by atoms with Gasteiger partial charge in [0.1, 0.15) is 0 Å². The molecule has 0 bridgehead atoms. The van der Waals surface area contributed by atoms with Crippen molar-refractivity contribution < 1.29 is 9.57 Å². The van der Waals surface area contributed by atoms with Gasteiger partial charge in [-0.25, -0.2) is 0 Å². The highest BCUT2D eigenvalue weighted by molar-refractivity contribution is 5.62. The summed E-state index contributed by atoms with van der Waals surface area (Å²) in [6.07, 6.45) is 2.83. The SMILES string of the molecule is C1=NO[C@@H]2OCC[C@@H]12. The number of rotatable bonds is 0. The summed E-state index contributed by atoms with van der Waals surface area (Å²) in [6.45, 7) is 0.821. The predicted molar refractivity (Wildman–Crippen MR) is 27.4 cm³/mol. The Labute approximate surface area is 47.3 Å². The quantitative estimate of drug-likeness (QED) is 0.454. The molecule has 0 aromatic rings. The van der Waals surface area contributed by atoms with Gasteiger partial charge in [0.05, 0.1) is 18.7 Å². The lowest BCUT2D eigenvalue weighted by atomic mass is 10.1. The van der Waals surface area contributed by atoms with Crippen LogP contribution in [0.15, 0.2) is 5.16 Å². The maximum atomic E-state index is 5.13. The molecule has 2 atom stereocenters. The van der Waals surface area contributed by atoms with E-state index in [2.05, 4.69) is 5.16 Å². The Morgan fingerprint density at radius 3 is 3.50 bits per heavy atom. The summed E-state index contributed by atoms with van der Waals surface area (Å²) < 4.78 is 5.13. The largest absolute Gasteiger partial charge is 0.363 e. The number of fused-ring (bicyclic) bond motifs is 1. The first-order chi connectivity index (χ1) is 3.97. The highest BCUT2D eigenvalue weighted by atomic mass is 16.8. The van der Waals surface area contributed by atoms with Crippen LogP contribution in [0.5, 0.6) is 0 Å². The minimum atomic E-state index is -0.0463. The van der Waals surface area contributed by atoms with E-state index in [1.807, 2.05) is 6.21 Å². The van der Waals surface area contributed by atoms with E-state index in [0.717, 1.165) is 13.0 Å². The summed E-state index contributed by atoms with van der Waals surface area (Å²) in [4.78, 5) is 4.82. The first kappa shape index (κ1) is 4.32. The maximum absolute atomic E-state index is 5.13. The van der Waals surface area contributed by atoms with Crippen LogP contribution in [0.25, 0.3) is 0 Å². The Morgan fingerprint density at radius 2 is 2.62 bits per heavy atom. The van der Waals surface area contributed by atoms with Crippen LogP contribution in [0, 0.1) is 5.92 Å². The molecule has 0 aromatic carbocycles. The summed E-state index contributed by atoms with van der Waals surface area (Å²) in [5, 5.41) is 3.62. The molecule has 0 N–H and O–H groups in total. The van der Waals surface area contributed by atoms with Gasteiger partial charge >= 0.3 is 0 Å². The average Bonchev–Trinajstić information content (AvgIpc) is 2.15. The van der Waals surface area contributed by atoms with Crippen LogP contribution in [0.4, 0.5) is 0 Å². The number of hydrogen-bond donors (Lipinski definition) is 0. The van der Waals surface area contributed by atoms with Gasteiger partial charge in [-0.3, -0.25) is 0 Å². The van der Waals surface area contributed by atoms with Crippen LogP contribution in [0.3, 0.4) is 0 Å². The minimum absolute atomic E-state index is 0.0463. The molecule has 0 radical (unpaired) electrons. The van der Waals surface area contributed by atoms with E-state index in [1.165, 1.54) is 0 Å². The molecule has 0 saturated carbocycles. The molecule has 0 spiro atoms. The molecule has 3 heteroatoms. The second-order valence-corrected chi connectivity index (χ2v) is 2.05. The molecule has 0 unspecified atom stereocenters. The Bertz CT molecular complexity index is 124. The zero-order valence-corrected chi connectivity index (χ0v) is 4.41. The number of ether oxygens (including phenoxy) is 1. The van der Waals surface area contributed by atoms with Crippen molar-refractivity contribution >= 4 is 6.21 Å². The van der Waals surface area contributed by atoms with Crippen LogP contribution in [0.1, 0.15) is 6.42 Å². The van der Waals surface area contributed by atoms with Gasteiger partial charge in [-0.1, -0.05) is 5.16 Å². The molecule has 2 aliphatic rings. The molecule has 1 saturated heterocycles. The van der Waals surface area contributed by atoms with Crippen molar-refractivity contribution in [1.29, 1.82) is 0 Å². The van der Waals surface area contributed by atoms with Crippen molar-refractivity contribution in [1.82, 2.24) is 0 Å². The molecule has 44 valence electrons.